The van der Waals surface area contributed by atoms with Gasteiger partial charge in [-0.25, -0.2) is 0 Å². The highest BCUT2D eigenvalue weighted by atomic mass is 28.1. The number of hydrogen-bond donors (Lipinski definition) is 0. The predicted molar refractivity (Wildman–Crippen MR) is 46.0 cm³/mol. The maximum absolute atomic E-state index is 3.77. The summed E-state index contributed by atoms with van der Waals surface area (Å²) < 4.78 is 0. The summed E-state index contributed by atoms with van der Waals surface area (Å²) in [6, 6.07) is 8.23. The highest BCUT2D eigenvalue weighted by molar-refractivity contribution is 6.41. The van der Waals surface area contributed by atoms with Crippen molar-refractivity contribution < 1.29 is 0 Å². The molecule has 0 aliphatic rings. The smallest absolute Gasteiger partial charge is 0.0711 e. The minimum absolute atomic E-state index is 0.931. The van der Waals surface area contributed by atoms with Crippen LogP contribution in [0.4, 0.5) is 0 Å². The van der Waals surface area contributed by atoms with Crippen LogP contribution in [0.25, 0.3) is 5.20 Å². The Morgan fingerprint density at radius 1 is 1.30 bits per heavy atom. The zero-order chi connectivity index (χ0) is 7.56. The molecule has 0 saturated carbocycles. The third-order valence-electron chi connectivity index (χ3n) is 1.40. The van der Waals surface area contributed by atoms with Gasteiger partial charge in [-0.1, -0.05) is 35.0 Å². The quantitative estimate of drug-likeness (QED) is 0.531. The fraction of sp³-hybridized carbons (Fsp3) is 0.111. The summed E-state index contributed by atoms with van der Waals surface area (Å²) in [6.07, 6.45) is 0. The van der Waals surface area contributed by atoms with E-state index in [4.69, 9.17) is 0 Å². The van der Waals surface area contributed by atoms with Gasteiger partial charge in [0.15, 0.2) is 0 Å². The van der Waals surface area contributed by atoms with E-state index < -0.39 is 0 Å². The van der Waals surface area contributed by atoms with Crippen LogP contribution in [-0.4, -0.2) is 10.2 Å². The van der Waals surface area contributed by atoms with Crippen LogP contribution in [0, 0.1) is 6.92 Å². The predicted octanol–water partition coefficient (Wildman–Crippen LogP) is 2.13. The molecule has 0 saturated heterocycles. The topological polar surface area (TPSA) is 0 Å². The van der Waals surface area contributed by atoms with E-state index in [0.29, 0.717) is 0 Å². The summed E-state index contributed by atoms with van der Waals surface area (Å²) in [6.45, 7) is 5.84. The van der Waals surface area contributed by atoms with Crippen molar-refractivity contribution >= 4 is 15.4 Å². The summed E-state index contributed by atoms with van der Waals surface area (Å²) in [5.41, 5.74) is 2.42. The van der Waals surface area contributed by atoms with Gasteiger partial charge in [-0.3, -0.25) is 0 Å². The van der Waals surface area contributed by atoms with Crippen LogP contribution in [0.15, 0.2) is 30.8 Å². The van der Waals surface area contributed by atoms with Gasteiger partial charge in [-0.05, 0) is 12.5 Å². The molecule has 0 unspecified atom stereocenters. The van der Waals surface area contributed by atoms with Gasteiger partial charge in [-0.15, -0.1) is 6.58 Å². The molecule has 3 radical (unpaired) electrons. The first-order chi connectivity index (χ1) is 4.70. The van der Waals surface area contributed by atoms with Crippen LogP contribution in [0.5, 0.6) is 0 Å². The van der Waals surface area contributed by atoms with E-state index in [1.807, 2.05) is 12.1 Å². The van der Waals surface area contributed by atoms with Gasteiger partial charge < -0.3 is 0 Å². The van der Waals surface area contributed by atoms with Crippen molar-refractivity contribution in [2.24, 2.45) is 0 Å². The molecule has 1 heteroatoms. The van der Waals surface area contributed by atoms with E-state index in [9.17, 15) is 0 Å². The average molecular weight is 145 g/mol. The van der Waals surface area contributed by atoms with Gasteiger partial charge in [0.1, 0.15) is 0 Å². The number of hydrogen-bond acceptors (Lipinski definition) is 0. The van der Waals surface area contributed by atoms with Crippen LogP contribution in [0.2, 0.25) is 0 Å². The van der Waals surface area contributed by atoms with E-state index in [1.165, 1.54) is 5.56 Å². The first-order valence-electron chi connectivity index (χ1n) is 3.17. The van der Waals surface area contributed by atoms with Gasteiger partial charge in [0.05, 0.1) is 10.2 Å². The van der Waals surface area contributed by atoms with Crippen molar-refractivity contribution in [3.8, 4) is 0 Å². The van der Waals surface area contributed by atoms with Gasteiger partial charge in [0.25, 0.3) is 0 Å². The highest BCUT2D eigenvalue weighted by Gasteiger charge is 1.89. The summed E-state index contributed by atoms with van der Waals surface area (Å²) >= 11 is 0. The first kappa shape index (κ1) is 7.29. The number of benzene rings is 1. The Balaban J connectivity index is 3.00. The number of rotatable bonds is 1. The SMILES string of the molecule is C=C([Si])c1ccc(C)cc1. The molecular weight excluding hydrogens is 136 g/mol. The Morgan fingerprint density at radius 3 is 2.20 bits per heavy atom. The summed E-state index contributed by atoms with van der Waals surface area (Å²) in [5.74, 6) is 0. The summed E-state index contributed by atoms with van der Waals surface area (Å²) in [7, 11) is 3.36. The third-order valence-corrected chi connectivity index (χ3v) is 1.69. The zero-order valence-electron chi connectivity index (χ0n) is 6.02. The maximum atomic E-state index is 3.77. The van der Waals surface area contributed by atoms with E-state index >= 15 is 0 Å². The Labute approximate surface area is 65.0 Å². The average Bonchev–Trinajstić information content (AvgIpc) is 1.88. The molecule has 10 heavy (non-hydrogen) atoms. The molecular formula is C9H9Si. The third kappa shape index (κ3) is 1.58. The van der Waals surface area contributed by atoms with E-state index in [0.717, 1.165) is 10.8 Å². The lowest BCUT2D eigenvalue weighted by Gasteiger charge is -1.97. The van der Waals surface area contributed by atoms with Crippen molar-refractivity contribution in [1.82, 2.24) is 0 Å². The molecule has 49 valence electrons. The Hall–Kier alpha value is -0.823. The second-order valence-corrected chi connectivity index (χ2v) is 2.95. The van der Waals surface area contributed by atoms with Gasteiger partial charge >= 0.3 is 0 Å². The van der Waals surface area contributed by atoms with Crippen molar-refractivity contribution in [3.05, 3.63) is 42.0 Å². The van der Waals surface area contributed by atoms with E-state index in [2.05, 4.69) is 35.9 Å². The van der Waals surface area contributed by atoms with E-state index in [-0.39, 0.29) is 0 Å². The molecule has 0 aliphatic heterocycles. The van der Waals surface area contributed by atoms with Crippen molar-refractivity contribution in [2.45, 2.75) is 6.92 Å². The lowest BCUT2D eigenvalue weighted by molar-refractivity contribution is 1.46. The molecule has 0 nitrogen and oxygen atoms in total. The van der Waals surface area contributed by atoms with Crippen molar-refractivity contribution in [3.63, 3.8) is 0 Å². The largest absolute Gasteiger partial charge is 0.100 e. The van der Waals surface area contributed by atoms with Crippen molar-refractivity contribution in [1.29, 1.82) is 0 Å². The van der Waals surface area contributed by atoms with Crippen LogP contribution < -0.4 is 0 Å². The van der Waals surface area contributed by atoms with Gasteiger partial charge in [-0.2, -0.15) is 0 Å². The van der Waals surface area contributed by atoms with E-state index in [1.54, 1.807) is 0 Å². The number of aryl methyl sites for hydroxylation is 1. The molecule has 0 atom stereocenters. The molecule has 0 fully saturated rings. The molecule has 1 rings (SSSR count). The molecule has 0 aliphatic carbocycles. The fourth-order valence-electron chi connectivity index (χ4n) is 0.755. The van der Waals surface area contributed by atoms with Crippen LogP contribution in [0.3, 0.4) is 0 Å². The summed E-state index contributed by atoms with van der Waals surface area (Å²) in [4.78, 5) is 0. The van der Waals surface area contributed by atoms with Crippen molar-refractivity contribution in [2.75, 3.05) is 0 Å². The highest BCUT2D eigenvalue weighted by Crippen LogP contribution is 2.08. The fourth-order valence-corrected chi connectivity index (χ4v) is 0.921. The Kier molecular flexibility index (Phi) is 2.07. The normalized spacial score (nSPS) is 9.40. The molecule has 0 spiro atoms. The Morgan fingerprint density at radius 2 is 1.80 bits per heavy atom. The summed E-state index contributed by atoms with van der Waals surface area (Å²) in [5, 5.41) is 0.931. The molecule has 1 aromatic rings. The minimum atomic E-state index is 0.931. The standard InChI is InChI=1S/C9H9Si/c1-7-3-5-9(6-4-7)8(2)10/h3-6H,2H2,1H3. The second-order valence-electron chi connectivity index (χ2n) is 2.34. The zero-order valence-corrected chi connectivity index (χ0v) is 7.02. The van der Waals surface area contributed by atoms with Crippen LogP contribution in [0.1, 0.15) is 11.1 Å². The monoisotopic (exact) mass is 145 g/mol. The Bertz CT molecular complexity index is 233. The molecule has 0 heterocycles. The van der Waals surface area contributed by atoms with Gasteiger partial charge in [0.2, 0.25) is 0 Å². The van der Waals surface area contributed by atoms with Crippen LogP contribution >= 0.6 is 0 Å². The molecule has 0 aromatic heterocycles. The van der Waals surface area contributed by atoms with Crippen LogP contribution in [-0.2, 0) is 0 Å². The minimum Gasteiger partial charge on any atom is -0.100 e. The lowest BCUT2D eigenvalue weighted by atomic mass is 10.1. The lowest BCUT2D eigenvalue weighted by Crippen LogP contribution is -1.80. The molecule has 0 bridgehead atoms. The molecule has 1 aromatic carbocycles. The first-order valence-corrected chi connectivity index (χ1v) is 3.67. The van der Waals surface area contributed by atoms with Gasteiger partial charge in [0, 0.05) is 0 Å². The molecule has 0 N–H and O–H groups in total. The second kappa shape index (κ2) is 2.84. The molecule has 0 amide bonds. The maximum Gasteiger partial charge on any atom is 0.0711 e.